The molecule has 1 heterocycles. The summed E-state index contributed by atoms with van der Waals surface area (Å²) in [7, 11) is 0. The highest BCUT2D eigenvalue weighted by molar-refractivity contribution is 5.70. The number of fused-ring (bicyclic) bond motifs is 1. The van der Waals surface area contributed by atoms with Gasteiger partial charge in [-0.3, -0.25) is 4.79 Å². The lowest BCUT2D eigenvalue weighted by Crippen LogP contribution is -2.34. The molecular formula is C35H52O8. The molecule has 0 saturated heterocycles. The third kappa shape index (κ3) is 11.4. The monoisotopic (exact) mass is 600 g/mol. The van der Waals surface area contributed by atoms with E-state index in [4.69, 9.17) is 9.47 Å². The molecule has 0 aliphatic carbocycles. The van der Waals surface area contributed by atoms with E-state index in [1.54, 1.807) is 0 Å². The fourth-order valence-electron chi connectivity index (χ4n) is 5.85. The van der Waals surface area contributed by atoms with Crippen LogP contribution < -0.4 is 4.74 Å². The number of phenols is 5. The van der Waals surface area contributed by atoms with E-state index in [0.29, 0.717) is 12.0 Å². The lowest BCUT2D eigenvalue weighted by molar-refractivity contribution is -0.155. The van der Waals surface area contributed by atoms with E-state index in [1.165, 1.54) is 114 Å². The minimum absolute atomic E-state index is 0.110. The Bertz CT molecular complexity index is 1110. The van der Waals surface area contributed by atoms with Crippen molar-refractivity contribution in [1.29, 1.82) is 0 Å². The third-order valence-electron chi connectivity index (χ3n) is 8.35. The molecule has 240 valence electrons. The Morgan fingerprint density at radius 2 is 1.19 bits per heavy atom. The van der Waals surface area contributed by atoms with E-state index in [-0.39, 0.29) is 35.7 Å². The number of phenolic OH excluding ortho intramolecular Hbond substituents is 5. The van der Waals surface area contributed by atoms with Crippen LogP contribution in [0.3, 0.4) is 0 Å². The Morgan fingerprint density at radius 3 is 1.70 bits per heavy atom. The molecule has 2 aromatic rings. The van der Waals surface area contributed by atoms with Gasteiger partial charge in [0.1, 0.15) is 23.4 Å². The van der Waals surface area contributed by atoms with Crippen molar-refractivity contribution in [3.8, 4) is 34.5 Å². The molecule has 8 nitrogen and oxygen atoms in total. The normalized spacial score (nSPS) is 16.0. The Morgan fingerprint density at radius 1 is 0.698 bits per heavy atom. The maximum atomic E-state index is 12.8. The number of esters is 1. The van der Waals surface area contributed by atoms with E-state index >= 15 is 0 Å². The SMILES string of the molecule is CCCCCCCCCCCCCCCCCCCC(=O)O[C@@H]1Cc2c(O)cc(O)cc2O[C@@H]1c1cc(O)c(O)c(O)c1. The summed E-state index contributed by atoms with van der Waals surface area (Å²) in [5.74, 6) is -2.32. The van der Waals surface area contributed by atoms with Crippen LogP contribution in [0.15, 0.2) is 24.3 Å². The number of ether oxygens (including phenoxy) is 2. The fourth-order valence-corrected chi connectivity index (χ4v) is 5.85. The number of rotatable bonds is 20. The summed E-state index contributed by atoms with van der Waals surface area (Å²) in [6, 6.07) is 4.99. The lowest BCUT2D eigenvalue weighted by atomic mass is 9.93. The number of hydrogen-bond acceptors (Lipinski definition) is 8. The zero-order valence-corrected chi connectivity index (χ0v) is 25.9. The molecule has 2 aromatic carbocycles. The summed E-state index contributed by atoms with van der Waals surface area (Å²) < 4.78 is 11.8. The second-order valence-corrected chi connectivity index (χ2v) is 12.0. The average Bonchev–Trinajstić information content (AvgIpc) is 2.97. The van der Waals surface area contributed by atoms with Crippen molar-refractivity contribution in [3.63, 3.8) is 0 Å². The van der Waals surface area contributed by atoms with Crippen LogP contribution in [0.5, 0.6) is 34.5 Å². The molecule has 0 amide bonds. The molecule has 2 atom stereocenters. The molecule has 0 unspecified atom stereocenters. The largest absolute Gasteiger partial charge is 0.508 e. The zero-order chi connectivity index (χ0) is 31.0. The number of aromatic hydroxyl groups is 5. The first-order valence-corrected chi connectivity index (χ1v) is 16.5. The molecule has 0 saturated carbocycles. The Balaban J connectivity index is 1.34. The number of carbonyl (C=O) groups is 1. The maximum Gasteiger partial charge on any atom is 0.306 e. The lowest BCUT2D eigenvalue weighted by Gasteiger charge is -2.34. The third-order valence-corrected chi connectivity index (χ3v) is 8.35. The Hall–Kier alpha value is -3.29. The van der Waals surface area contributed by atoms with Crippen LogP contribution in [0, 0.1) is 0 Å². The van der Waals surface area contributed by atoms with Gasteiger partial charge < -0.3 is 35.0 Å². The summed E-state index contributed by atoms with van der Waals surface area (Å²) >= 11 is 0. The Labute approximate surface area is 256 Å². The van der Waals surface area contributed by atoms with Gasteiger partial charge in [0.2, 0.25) is 0 Å². The predicted octanol–water partition coefficient (Wildman–Crippen LogP) is 8.84. The second kappa shape index (κ2) is 18.4. The standard InChI is InChI=1S/C35H52O8/c1-2-3-4-5-6-7-8-9-10-11-12-13-14-15-16-17-18-19-33(40)42-32-24-27-28(37)22-26(36)23-31(27)43-35(32)25-20-29(38)34(41)30(39)21-25/h20-23,32,35-39,41H,2-19,24H2,1H3/t32-,35-/m1/s1. The molecule has 43 heavy (non-hydrogen) atoms. The summed E-state index contributed by atoms with van der Waals surface area (Å²) in [6.45, 7) is 2.26. The van der Waals surface area contributed by atoms with Crippen molar-refractivity contribution >= 4 is 5.97 Å². The minimum Gasteiger partial charge on any atom is -0.508 e. The predicted molar refractivity (Wildman–Crippen MR) is 167 cm³/mol. The zero-order valence-electron chi connectivity index (χ0n) is 25.9. The molecule has 0 fully saturated rings. The van der Waals surface area contributed by atoms with E-state index in [0.717, 1.165) is 12.8 Å². The van der Waals surface area contributed by atoms with Crippen LogP contribution in [-0.2, 0) is 16.0 Å². The van der Waals surface area contributed by atoms with Gasteiger partial charge in [-0.05, 0) is 18.6 Å². The van der Waals surface area contributed by atoms with Crippen molar-refractivity contribution < 1.29 is 39.8 Å². The average molecular weight is 601 g/mol. The maximum absolute atomic E-state index is 12.8. The summed E-state index contributed by atoms with van der Waals surface area (Å²) in [6.07, 6.45) is 20.0. The molecule has 0 radical (unpaired) electrons. The quantitative estimate of drug-likeness (QED) is 0.0577. The van der Waals surface area contributed by atoms with Crippen LogP contribution in [0.25, 0.3) is 0 Å². The summed E-state index contributed by atoms with van der Waals surface area (Å²) in [5.41, 5.74) is 0.661. The number of carbonyl (C=O) groups excluding carboxylic acids is 1. The molecule has 1 aliphatic rings. The first kappa shape index (κ1) is 34.2. The van der Waals surface area contributed by atoms with Gasteiger partial charge in [0.25, 0.3) is 0 Å². The fraction of sp³-hybridized carbons (Fsp3) is 0.629. The molecule has 0 aromatic heterocycles. The van der Waals surface area contributed by atoms with Crippen LogP contribution in [0.2, 0.25) is 0 Å². The van der Waals surface area contributed by atoms with Crippen molar-refractivity contribution in [2.45, 2.75) is 141 Å². The molecule has 0 bridgehead atoms. The number of benzene rings is 2. The van der Waals surface area contributed by atoms with Gasteiger partial charge in [-0.25, -0.2) is 0 Å². The first-order valence-electron chi connectivity index (χ1n) is 16.5. The smallest absolute Gasteiger partial charge is 0.306 e. The van der Waals surface area contributed by atoms with Gasteiger partial charge in [-0.2, -0.15) is 0 Å². The highest BCUT2D eigenvalue weighted by Crippen LogP contribution is 2.45. The van der Waals surface area contributed by atoms with Crippen LogP contribution >= 0.6 is 0 Å². The van der Waals surface area contributed by atoms with Crippen LogP contribution in [-0.4, -0.2) is 37.6 Å². The molecule has 8 heteroatoms. The summed E-state index contributed by atoms with van der Waals surface area (Å²) in [5, 5.41) is 50.0. The van der Waals surface area contributed by atoms with E-state index in [1.807, 2.05) is 0 Å². The molecular weight excluding hydrogens is 548 g/mol. The molecule has 1 aliphatic heterocycles. The van der Waals surface area contributed by atoms with Gasteiger partial charge in [-0.1, -0.05) is 110 Å². The summed E-state index contributed by atoms with van der Waals surface area (Å²) in [4.78, 5) is 12.8. The highest BCUT2D eigenvalue weighted by Gasteiger charge is 2.37. The van der Waals surface area contributed by atoms with Crippen molar-refractivity contribution in [3.05, 3.63) is 35.4 Å². The van der Waals surface area contributed by atoms with Gasteiger partial charge in [0, 0.05) is 36.1 Å². The van der Waals surface area contributed by atoms with Crippen LogP contribution in [0.1, 0.15) is 140 Å². The van der Waals surface area contributed by atoms with E-state index in [2.05, 4.69) is 6.92 Å². The molecule has 0 spiro atoms. The minimum atomic E-state index is -0.939. The van der Waals surface area contributed by atoms with Crippen molar-refractivity contribution in [2.75, 3.05) is 0 Å². The van der Waals surface area contributed by atoms with Gasteiger partial charge in [-0.15, -0.1) is 0 Å². The topological polar surface area (TPSA) is 137 Å². The van der Waals surface area contributed by atoms with Gasteiger partial charge in [0.15, 0.2) is 23.4 Å². The highest BCUT2D eigenvalue weighted by atomic mass is 16.6. The number of unbranched alkanes of at least 4 members (excludes halogenated alkanes) is 16. The Kier molecular flexibility index (Phi) is 14.6. The second-order valence-electron chi connectivity index (χ2n) is 12.0. The van der Waals surface area contributed by atoms with Crippen molar-refractivity contribution in [1.82, 2.24) is 0 Å². The van der Waals surface area contributed by atoms with E-state index < -0.39 is 35.4 Å². The molecule has 3 rings (SSSR count). The van der Waals surface area contributed by atoms with E-state index in [9.17, 15) is 30.3 Å². The first-order chi connectivity index (χ1) is 20.8. The molecule has 5 N–H and O–H groups in total. The van der Waals surface area contributed by atoms with Crippen LogP contribution in [0.4, 0.5) is 0 Å². The van der Waals surface area contributed by atoms with Gasteiger partial charge >= 0.3 is 5.97 Å². The number of hydrogen-bond donors (Lipinski definition) is 5. The van der Waals surface area contributed by atoms with Crippen molar-refractivity contribution in [2.24, 2.45) is 0 Å². The van der Waals surface area contributed by atoms with Gasteiger partial charge in [0.05, 0.1) is 0 Å².